The lowest BCUT2D eigenvalue weighted by atomic mass is 10.1. The summed E-state index contributed by atoms with van der Waals surface area (Å²) < 4.78 is 1.69. The fourth-order valence-corrected chi connectivity index (χ4v) is 2.18. The van der Waals surface area contributed by atoms with Crippen LogP contribution in [0.25, 0.3) is 0 Å². The van der Waals surface area contributed by atoms with Gasteiger partial charge in [-0.15, -0.1) is 0 Å². The first kappa shape index (κ1) is 15.9. The molecule has 1 heterocycles. The molecule has 0 fully saturated rings. The monoisotopic (exact) mass is 299 g/mol. The van der Waals surface area contributed by atoms with Gasteiger partial charge in [-0.1, -0.05) is 19.8 Å². The molecule has 2 aromatic rings. The third-order valence-corrected chi connectivity index (χ3v) is 3.46. The number of ketones is 1. The molecule has 2 rings (SSSR count). The van der Waals surface area contributed by atoms with Crippen molar-refractivity contribution in [3.63, 3.8) is 0 Å². The van der Waals surface area contributed by atoms with Crippen LogP contribution in [0.3, 0.4) is 0 Å². The fraction of sp³-hybridized carbons (Fsp3) is 0.353. The second-order valence-corrected chi connectivity index (χ2v) is 5.27. The lowest BCUT2D eigenvalue weighted by molar-refractivity contribution is -0.116. The number of carbonyl (C=O) groups is 2. The van der Waals surface area contributed by atoms with Crippen LogP contribution in [-0.4, -0.2) is 21.2 Å². The van der Waals surface area contributed by atoms with Crippen molar-refractivity contribution in [3.05, 3.63) is 48.0 Å². The Morgan fingerprint density at radius 3 is 2.50 bits per heavy atom. The number of unbranched alkanes of at least 4 members (excludes halogenated alkanes) is 2. The van der Waals surface area contributed by atoms with Crippen LogP contribution in [0.2, 0.25) is 0 Å². The highest BCUT2D eigenvalue weighted by molar-refractivity contribution is 6.07. The summed E-state index contributed by atoms with van der Waals surface area (Å²) in [6.07, 6.45) is 6.91. The molecule has 0 bridgehead atoms. The van der Waals surface area contributed by atoms with E-state index >= 15 is 0 Å². The Hall–Kier alpha value is -2.43. The standard InChI is InChI=1S/C17H21N3O2/c1-3-4-5-6-15(21)19-14-9-7-13(8-10-14)16(22)17-18-11-12-20(17)2/h7-12H,3-6H2,1-2H3,(H,19,21). The van der Waals surface area contributed by atoms with Crippen LogP contribution in [0, 0.1) is 0 Å². The van der Waals surface area contributed by atoms with Gasteiger partial charge in [-0.2, -0.15) is 0 Å². The predicted octanol–water partition coefficient (Wildman–Crippen LogP) is 3.17. The van der Waals surface area contributed by atoms with Crippen molar-refractivity contribution in [2.75, 3.05) is 5.32 Å². The maximum atomic E-state index is 12.3. The molecule has 0 saturated carbocycles. The fourth-order valence-electron chi connectivity index (χ4n) is 2.18. The molecule has 0 aliphatic carbocycles. The van der Waals surface area contributed by atoms with E-state index in [1.807, 2.05) is 0 Å². The van der Waals surface area contributed by atoms with E-state index in [4.69, 9.17) is 0 Å². The Morgan fingerprint density at radius 1 is 1.18 bits per heavy atom. The molecule has 5 heteroatoms. The second kappa shape index (κ2) is 7.54. The summed E-state index contributed by atoms with van der Waals surface area (Å²) in [5, 5.41) is 2.84. The van der Waals surface area contributed by atoms with Crippen LogP contribution >= 0.6 is 0 Å². The van der Waals surface area contributed by atoms with Crippen molar-refractivity contribution in [3.8, 4) is 0 Å². The molecule has 0 radical (unpaired) electrons. The summed E-state index contributed by atoms with van der Waals surface area (Å²) in [7, 11) is 1.78. The Morgan fingerprint density at radius 2 is 1.91 bits per heavy atom. The van der Waals surface area contributed by atoms with Crippen LogP contribution in [-0.2, 0) is 11.8 Å². The van der Waals surface area contributed by atoms with Gasteiger partial charge in [-0.25, -0.2) is 4.98 Å². The van der Waals surface area contributed by atoms with Crippen molar-refractivity contribution < 1.29 is 9.59 Å². The molecular weight excluding hydrogens is 278 g/mol. The van der Waals surface area contributed by atoms with Crippen LogP contribution in [0.1, 0.15) is 48.8 Å². The average molecular weight is 299 g/mol. The topological polar surface area (TPSA) is 64.0 Å². The molecular formula is C17H21N3O2. The summed E-state index contributed by atoms with van der Waals surface area (Å²) in [6, 6.07) is 6.90. The number of nitrogens with zero attached hydrogens (tertiary/aromatic N) is 2. The van der Waals surface area contributed by atoms with Crippen LogP contribution in [0.5, 0.6) is 0 Å². The quantitative estimate of drug-likeness (QED) is 0.631. The van der Waals surface area contributed by atoms with Gasteiger partial charge in [0.25, 0.3) is 0 Å². The Kier molecular flexibility index (Phi) is 5.47. The zero-order valence-electron chi connectivity index (χ0n) is 13.0. The number of anilines is 1. The average Bonchev–Trinajstić information content (AvgIpc) is 2.94. The molecule has 0 unspecified atom stereocenters. The largest absolute Gasteiger partial charge is 0.331 e. The molecule has 0 saturated heterocycles. The normalized spacial score (nSPS) is 10.5. The second-order valence-electron chi connectivity index (χ2n) is 5.27. The van der Waals surface area contributed by atoms with E-state index in [2.05, 4.69) is 17.2 Å². The van der Waals surface area contributed by atoms with Gasteiger partial charge in [0.1, 0.15) is 0 Å². The van der Waals surface area contributed by atoms with Gasteiger partial charge in [0.15, 0.2) is 5.82 Å². The third kappa shape index (κ3) is 4.04. The first-order valence-electron chi connectivity index (χ1n) is 7.53. The van der Waals surface area contributed by atoms with Gasteiger partial charge >= 0.3 is 0 Å². The molecule has 5 nitrogen and oxygen atoms in total. The van der Waals surface area contributed by atoms with Gasteiger partial charge in [0, 0.05) is 37.1 Å². The number of hydrogen-bond donors (Lipinski definition) is 1. The van der Waals surface area contributed by atoms with Crippen LogP contribution in [0.15, 0.2) is 36.7 Å². The van der Waals surface area contributed by atoms with Crippen molar-refractivity contribution in [2.24, 2.45) is 7.05 Å². The number of nitrogens with one attached hydrogen (secondary N) is 1. The van der Waals surface area contributed by atoms with E-state index < -0.39 is 0 Å². The molecule has 0 aliphatic rings. The highest BCUT2D eigenvalue weighted by atomic mass is 16.1. The van der Waals surface area contributed by atoms with E-state index in [0.717, 1.165) is 19.3 Å². The summed E-state index contributed by atoms with van der Waals surface area (Å²) in [5.74, 6) is 0.279. The smallest absolute Gasteiger partial charge is 0.228 e. The lowest BCUT2D eigenvalue weighted by Crippen LogP contribution is -2.12. The zero-order chi connectivity index (χ0) is 15.9. The van der Waals surface area contributed by atoms with E-state index in [1.165, 1.54) is 0 Å². The van der Waals surface area contributed by atoms with Gasteiger partial charge < -0.3 is 9.88 Å². The van der Waals surface area contributed by atoms with Crippen molar-refractivity contribution >= 4 is 17.4 Å². The molecule has 116 valence electrons. The summed E-state index contributed by atoms with van der Waals surface area (Å²) in [4.78, 5) is 28.1. The maximum absolute atomic E-state index is 12.3. The first-order valence-corrected chi connectivity index (χ1v) is 7.53. The van der Waals surface area contributed by atoms with Crippen molar-refractivity contribution in [1.82, 2.24) is 9.55 Å². The predicted molar refractivity (Wildman–Crippen MR) is 85.9 cm³/mol. The van der Waals surface area contributed by atoms with E-state index in [0.29, 0.717) is 23.5 Å². The van der Waals surface area contributed by atoms with Gasteiger partial charge in [0.2, 0.25) is 11.7 Å². The lowest BCUT2D eigenvalue weighted by Gasteiger charge is -2.06. The Balaban J connectivity index is 1.97. The van der Waals surface area contributed by atoms with E-state index in [1.54, 1.807) is 48.3 Å². The maximum Gasteiger partial charge on any atom is 0.228 e. The molecule has 0 spiro atoms. The highest BCUT2D eigenvalue weighted by Gasteiger charge is 2.13. The number of aromatic nitrogens is 2. The van der Waals surface area contributed by atoms with E-state index in [-0.39, 0.29) is 11.7 Å². The first-order chi connectivity index (χ1) is 10.6. The minimum absolute atomic E-state index is 0.0108. The molecule has 0 atom stereocenters. The summed E-state index contributed by atoms with van der Waals surface area (Å²) in [5.41, 5.74) is 1.26. The highest BCUT2D eigenvalue weighted by Crippen LogP contribution is 2.13. The summed E-state index contributed by atoms with van der Waals surface area (Å²) in [6.45, 7) is 2.11. The number of amides is 1. The summed E-state index contributed by atoms with van der Waals surface area (Å²) >= 11 is 0. The number of rotatable bonds is 7. The molecule has 1 amide bonds. The van der Waals surface area contributed by atoms with E-state index in [9.17, 15) is 9.59 Å². The van der Waals surface area contributed by atoms with Crippen molar-refractivity contribution in [2.45, 2.75) is 32.6 Å². The molecule has 1 N–H and O–H groups in total. The molecule has 22 heavy (non-hydrogen) atoms. The number of carbonyl (C=O) groups excluding carboxylic acids is 2. The van der Waals surface area contributed by atoms with Crippen LogP contribution < -0.4 is 5.32 Å². The molecule has 0 aliphatic heterocycles. The van der Waals surface area contributed by atoms with Gasteiger partial charge in [0.05, 0.1) is 0 Å². The Labute approximate surface area is 130 Å². The molecule has 1 aromatic heterocycles. The zero-order valence-corrected chi connectivity index (χ0v) is 13.0. The number of imidazole rings is 1. The number of aryl methyl sites for hydroxylation is 1. The van der Waals surface area contributed by atoms with Crippen molar-refractivity contribution in [1.29, 1.82) is 0 Å². The van der Waals surface area contributed by atoms with Gasteiger partial charge in [-0.05, 0) is 30.7 Å². The SMILES string of the molecule is CCCCCC(=O)Nc1ccc(C(=O)c2nccn2C)cc1. The number of hydrogen-bond acceptors (Lipinski definition) is 3. The number of benzene rings is 1. The van der Waals surface area contributed by atoms with Crippen LogP contribution in [0.4, 0.5) is 5.69 Å². The Bertz CT molecular complexity index is 644. The van der Waals surface area contributed by atoms with Gasteiger partial charge in [-0.3, -0.25) is 9.59 Å². The minimum Gasteiger partial charge on any atom is -0.331 e. The third-order valence-electron chi connectivity index (χ3n) is 3.46. The molecule has 1 aromatic carbocycles. The minimum atomic E-state index is -0.131.